The summed E-state index contributed by atoms with van der Waals surface area (Å²) in [5.74, 6) is 4.15. The summed E-state index contributed by atoms with van der Waals surface area (Å²) in [7, 11) is 3.11. The Labute approximate surface area is 351 Å². The van der Waals surface area contributed by atoms with Crippen molar-refractivity contribution in [2.45, 2.75) is 172 Å². The molecule has 9 nitrogen and oxygen atoms in total. The first-order chi connectivity index (χ1) is 28.1. The van der Waals surface area contributed by atoms with Gasteiger partial charge in [-0.1, -0.05) is 27.7 Å². The molecule has 1 unspecified atom stereocenters. The van der Waals surface area contributed by atoms with Gasteiger partial charge in [-0.15, -0.1) is 0 Å². The number of aliphatic hydroxyl groups is 3. The fourth-order valence-electron chi connectivity index (χ4n) is 16.7. The molecule has 0 aromatic carbocycles. The Balaban J connectivity index is 0.000000158. The van der Waals surface area contributed by atoms with Gasteiger partial charge in [0.25, 0.3) is 0 Å². The molecule has 2 heterocycles. The third-order valence-electron chi connectivity index (χ3n) is 20.2. The average Bonchev–Trinajstić information content (AvgIpc) is 3.68. The van der Waals surface area contributed by atoms with Crippen molar-refractivity contribution in [1.82, 2.24) is 5.32 Å². The van der Waals surface area contributed by atoms with E-state index >= 15 is 0 Å². The summed E-state index contributed by atoms with van der Waals surface area (Å²) in [5.41, 5.74) is 0.563. The van der Waals surface area contributed by atoms with Crippen LogP contribution in [0.2, 0.25) is 0 Å². The van der Waals surface area contributed by atoms with Crippen LogP contribution in [0.1, 0.15) is 166 Å². The quantitative estimate of drug-likeness (QED) is 0.239. The molecule has 0 radical (unpaired) electrons. The van der Waals surface area contributed by atoms with Crippen LogP contribution in [-0.4, -0.2) is 52.5 Å². The van der Waals surface area contributed by atoms with E-state index in [9.17, 15) is 24.6 Å². The number of rotatable bonds is 3. The van der Waals surface area contributed by atoms with Crippen LogP contribution in [0.5, 0.6) is 0 Å². The third-order valence-corrected chi connectivity index (χ3v) is 20.2. The molecule has 0 spiro atoms. The number of aliphatic hydroxyl groups excluding tert-OH is 1. The van der Waals surface area contributed by atoms with Crippen LogP contribution in [0.4, 0.5) is 0 Å². The second kappa shape index (κ2) is 15.6. The van der Waals surface area contributed by atoms with Gasteiger partial charge in [0.2, 0.25) is 0 Å². The molecule has 4 N–H and O–H groups in total. The minimum absolute atomic E-state index is 0.126. The molecule has 10 rings (SSSR count). The van der Waals surface area contributed by atoms with Crippen molar-refractivity contribution in [3.8, 4) is 0 Å². The van der Waals surface area contributed by atoms with E-state index in [4.69, 9.17) is 13.9 Å². The molecular formula is C50H73NO8. The largest absolute Gasteiger partial charge is 0.431 e. The standard InChI is InChI=1S/C25H37NO3.C24H32O4.CH4O/c1-23-11-8-18(26-3)14-17(23)5-6-21-20(23)9-12-24(2)19(10-13-25(21,24)28)16-4-7-22(27)29-15-16;1-22-10-7-17(25)13-16(22)4-5-20-19(22)8-11-23(2)18(9-12-24(20,23)27)15-3-6-21(26)28-14-15;1-2/h4,7,15,17-21,26,28H,5-6,8-14H2,1-3H3;3,6,14,16,18-20,27H,4-5,7-13H2,1-2H3;2H,1H3/t17-,18?,19-,20+,21-,23+,24-,25+;16-,18-,19+,20-,22+,23-,24+;/m11./s1. The lowest BCUT2D eigenvalue weighted by atomic mass is 9.43. The Bertz CT molecular complexity index is 1940. The Kier molecular flexibility index (Phi) is 11.4. The van der Waals surface area contributed by atoms with Crippen LogP contribution in [0, 0.1) is 57.2 Å². The van der Waals surface area contributed by atoms with Crippen LogP contribution >= 0.6 is 0 Å². The van der Waals surface area contributed by atoms with Gasteiger partial charge in [0.1, 0.15) is 5.78 Å². The monoisotopic (exact) mass is 816 g/mol. The first-order valence-corrected chi connectivity index (χ1v) is 23.4. The topological polar surface area (TPSA) is 150 Å². The van der Waals surface area contributed by atoms with E-state index in [1.165, 1.54) is 50.7 Å². The van der Waals surface area contributed by atoms with Crippen LogP contribution in [0.25, 0.3) is 0 Å². The van der Waals surface area contributed by atoms with Crippen molar-refractivity contribution < 1.29 is 28.9 Å². The molecule has 0 bridgehead atoms. The minimum atomic E-state index is -0.661. The fraction of sp³-hybridized carbons (Fsp3) is 0.780. The van der Waals surface area contributed by atoms with Gasteiger partial charge in [-0.05, 0) is 191 Å². The first-order valence-electron chi connectivity index (χ1n) is 23.4. The van der Waals surface area contributed by atoms with Crippen molar-refractivity contribution in [2.24, 2.45) is 57.2 Å². The molecule has 0 amide bonds. The molecule has 2 aromatic heterocycles. The van der Waals surface area contributed by atoms with Crippen LogP contribution in [0.15, 0.2) is 55.2 Å². The molecule has 8 saturated carbocycles. The smallest absolute Gasteiger partial charge is 0.335 e. The average molecular weight is 816 g/mol. The van der Waals surface area contributed by atoms with Gasteiger partial charge in [-0.25, -0.2) is 9.59 Å². The van der Waals surface area contributed by atoms with E-state index in [1.807, 2.05) is 12.1 Å². The normalized spacial score (nSPS) is 47.0. The Hall–Kier alpha value is -2.59. The zero-order chi connectivity index (χ0) is 42.2. The Morgan fingerprint density at radius 1 is 0.576 bits per heavy atom. The SMILES string of the molecule is CNC1CC[C@@]2(C)[C@H](CC[C@@H]3[C@@H]2CC[C@]2(C)[C@@H](c4ccc(=O)oc4)CC[C@]32O)C1.CO.C[C@]12CCC(=O)C[C@H]1CC[C@@H]1[C@@H]2CC[C@]2(C)[C@@H](c3ccc(=O)oc3)CC[C@]12O. The zero-order valence-corrected chi connectivity index (χ0v) is 36.8. The summed E-state index contributed by atoms with van der Waals surface area (Å²) in [6, 6.07) is 7.54. The Morgan fingerprint density at radius 3 is 1.54 bits per heavy atom. The molecule has 8 aliphatic carbocycles. The zero-order valence-electron chi connectivity index (χ0n) is 36.8. The van der Waals surface area contributed by atoms with Crippen LogP contribution in [0.3, 0.4) is 0 Å². The molecular weight excluding hydrogens is 743 g/mol. The number of nitrogens with one attached hydrogen (secondary N) is 1. The third kappa shape index (κ3) is 6.54. The highest BCUT2D eigenvalue weighted by atomic mass is 16.4. The molecule has 0 saturated heterocycles. The predicted molar refractivity (Wildman–Crippen MR) is 228 cm³/mol. The minimum Gasteiger partial charge on any atom is -0.431 e. The van der Waals surface area contributed by atoms with Crippen LogP contribution < -0.4 is 16.6 Å². The highest BCUT2D eigenvalue weighted by molar-refractivity contribution is 5.79. The summed E-state index contributed by atoms with van der Waals surface area (Å²) in [4.78, 5) is 34.9. The van der Waals surface area contributed by atoms with E-state index in [0.717, 1.165) is 101 Å². The van der Waals surface area contributed by atoms with Gasteiger partial charge < -0.3 is 29.5 Å². The predicted octanol–water partition coefficient (Wildman–Crippen LogP) is 8.53. The molecule has 15 atom stereocenters. The number of hydrogen-bond acceptors (Lipinski definition) is 9. The van der Waals surface area contributed by atoms with Gasteiger partial charge >= 0.3 is 11.3 Å². The number of Topliss-reactive ketones (excluding diaryl/α,β-unsaturated/α-hetero) is 1. The maximum Gasteiger partial charge on any atom is 0.335 e. The van der Waals surface area contributed by atoms with E-state index in [0.29, 0.717) is 46.8 Å². The molecule has 8 aliphatic rings. The second-order valence-corrected chi connectivity index (χ2v) is 21.7. The van der Waals surface area contributed by atoms with E-state index in [2.05, 4.69) is 40.1 Å². The number of ketones is 1. The number of carbonyl (C=O) groups is 1. The molecule has 9 heteroatoms. The van der Waals surface area contributed by atoms with Crippen molar-refractivity contribution >= 4 is 5.78 Å². The highest BCUT2D eigenvalue weighted by Gasteiger charge is 2.69. The summed E-state index contributed by atoms with van der Waals surface area (Å²) in [5, 5.41) is 34.9. The van der Waals surface area contributed by atoms with E-state index < -0.39 is 11.2 Å². The highest BCUT2D eigenvalue weighted by Crippen LogP contribution is 2.72. The summed E-state index contributed by atoms with van der Waals surface area (Å²) >= 11 is 0. The van der Waals surface area contributed by atoms with Crippen molar-refractivity contribution in [2.75, 3.05) is 14.2 Å². The van der Waals surface area contributed by atoms with Gasteiger partial charge in [-0.3, -0.25) is 4.79 Å². The number of fused-ring (bicyclic) bond motifs is 10. The molecule has 0 aliphatic heterocycles. The summed E-state index contributed by atoms with van der Waals surface area (Å²) < 4.78 is 10.4. The molecule has 326 valence electrons. The van der Waals surface area contributed by atoms with Crippen molar-refractivity contribution in [3.05, 3.63) is 68.8 Å². The lowest BCUT2D eigenvalue weighted by Crippen LogP contribution is -2.62. The summed E-state index contributed by atoms with van der Waals surface area (Å²) in [6.45, 7) is 9.54. The van der Waals surface area contributed by atoms with E-state index in [1.54, 1.807) is 12.5 Å². The van der Waals surface area contributed by atoms with Crippen molar-refractivity contribution in [3.63, 3.8) is 0 Å². The van der Waals surface area contributed by atoms with Gasteiger partial charge in [0.15, 0.2) is 0 Å². The molecule has 2 aromatic rings. The molecule has 8 fully saturated rings. The van der Waals surface area contributed by atoms with Gasteiger partial charge in [-0.2, -0.15) is 0 Å². The van der Waals surface area contributed by atoms with Crippen molar-refractivity contribution in [1.29, 1.82) is 0 Å². The van der Waals surface area contributed by atoms with Crippen LogP contribution in [-0.2, 0) is 4.79 Å². The number of hydrogen-bond donors (Lipinski definition) is 4. The maximum absolute atomic E-state index is 12.2. The van der Waals surface area contributed by atoms with Gasteiger partial charge in [0, 0.05) is 49.0 Å². The summed E-state index contributed by atoms with van der Waals surface area (Å²) in [6.07, 6.45) is 22.2. The lowest BCUT2D eigenvalue weighted by Gasteiger charge is -2.63. The Morgan fingerprint density at radius 2 is 1.07 bits per heavy atom. The van der Waals surface area contributed by atoms with Gasteiger partial charge in [0.05, 0.1) is 23.7 Å². The maximum atomic E-state index is 12.2. The van der Waals surface area contributed by atoms with E-state index in [-0.39, 0.29) is 39.3 Å². The first kappa shape index (κ1) is 43.1. The molecule has 59 heavy (non-hydrogen) atoms. The number of carbonyl (C=O) groups excluding carboxylic acids is 1. The fourth-order valence-corrected chi connectivity index (χ4v) is 16.7. The second-order valence-electron chi connectivity index (χ2n) is 21.7. The lowest BCUT2D eigenvalue weighted by molar-refractivity contribution is -0.202.